The molecule has 0 saturated carbocycles. The van der Waals surface area contributed by atoms with Crippen LogP contribution in [-0.2, 0) is 4.79 Å². The minimum absolute atomic E-state index is 0.0152. The Kier molecular flexibility index (Phi) is 6.84. The van der Waals surface area contributed by atoms with Crippen LogP contribution < -0.4 is 5.32 Å². The number of halogens is 4. The lowest BCUT2D eigenvalue weighted by Gasteiger charge is -2.12. The second-order valence-electron chi connectivity index (χ2n) is 5.05. The highest BCUT2D eigenvalue weighted by Gasteiger charge is 2.17. The van der Waals surface area contributed by atoms with Gasteiger partial charge in [-0.2, -0.15) is 5.26 Å². The maximum Gasteiger partial charge on any atom is 0.234 e. The molecule has 130 valence electrons. The number of hydrogen-bond acceptors (Lipinski definition) is 4. The minimum atomic E-state index is -0.378. The van der Waals surface area contributed by atoms with Gasteiger partial charge in [-0.05, 0) is 31.5 Å². The first kappa shape index (κ1) is 20.2. The number of pyridine rings is 1. The van der Waals surface area contributed by atoms with Crippen LogP contribution in [0.25, 0.3) is 0 Å². The Morgan fingerprint density at radius 3 is 2.36 bits per heavy atom. The smallest absolute Gasteiger partial charge is 0.234 e. The van der Waals surface area contributed by atoms with Crippen LogP contribution in [0.5, 0.6) is 0 Å². The highest BCUT2D eigenvalue weighted by molar-refractivity contribution is 8.00. The Bertz CT molecular complexity index is 870. The van der Waals surface area contributed by atoms with Crippen molar-refractivity contribution >= 4 is 69.8 Å². The molecule has 0 saturated heterocycles. The summed E-state index contributed by atoms with van der Waals surface area (Å²) in [6, 6.07) is 5.32. The zero-order valence-corrected chi connectivity index (χ0v) is 16.9. The monoisotopic (exact) mass is 433 g/mol. The zero-order chi connectivity index (χ0) is 18.7. The number of nitrogens with one attached hydrogen (secondary N) is 1. The first-order valence-corrected chi connectivity index (χ1v) is 9.38. The summed E-state index contributed by atoms with van der Waals surface area (Å²) in [5, 5.41) is 12.9. The van der Waals surface area contributed by atoms with Gasteiger partial charge in [-0.15, -0.1) is 0 Å². The summed E-state index contributed by atoms with van der Waals surface area (Å²) in [5.74, 6) is -0.363. The molecular formula is C16H11Cl4N3OS. The van der Waals surface area contributed by atoms with Gasteiger partial charge >= 0.3 is 0 Å². The van der Waals surface area contributed by atoms with Crippen LogP contribution in [0.1, 0.15) is 16.8 Å². The molecule has 1 N–H and O–H groups in total. The van der Waals surface area contributed by atoms with Crippen molar-refractivity contribution in [2.24, 2.45) is 0 Å². The number of aryl methyl sites for hydroxylation is 2. The standard InChI is InChI=1S/C16H11Cl4N3OS/c1-7-3-8(2)22-16(9(7)5-21)25-6-12(24)23-15-13(19)10(17)4-11(18)14(15)20/h3-4H,6H2,1-2H3,(H,23,24). The van der Waals surface area contributed by atoms with Crippen molar-refractivity contribution in [3.63, 3.8) is 0 Å². The number of carbonyl (C=O) groups excluding carboxylic acids is 1. The van der Waals surface area contributed by atoms with Crippen molar-refractivity contribution in [3.8, 4) is 6.07 Å². The fourth-order valence-corrected chi connectivity index (χ4v) is 3.84. The highest BCUT2D eigenvalue weighted by atomic mass is 35.5. The third-order valence-corrected chi connectivity index (χ3v) is 5.69. The van der Waals surface area contributed by atoms with Gasteiger partial charge in [0.15, 0.2) is 0 Å². The van der Waals surface area contributed by atoms with Crippen LogP contribution in [0, 0.1) is 25.2 Å². The molecule has 0 radical (unpaired) electrons. The first-order valence-electron chi connectivity index (χ1n) is 6.88. The molecule has 0 aliphatic heterocycles. The molecule has 0 fully saturated rings. The molecule has 9 heteroatoms. The number of nitriles is 1. The molecule has 4 nitrogen and oxygen atoms in total. The third-order valence-electron chi connectivity index (χ3n) is 3.14. The molecular weight excluding hydrogens is 424 g/mol. The quantitative estimate of drug-likeness (QED) is 0.479. The van der Waals surface area contributed by atoms with E-state index >= 15 is 0 Å². The van der Waals surface area contributed by atoms with Gasteiger partial charge in [0.05, 0.1) is 37.1 Å². The molecule has 2 rings (SSSR count). The third kappa shape index (κ3) is 4.72. The topological polar surface area (TPSA) is 65.8 Å². The van der Waals surface area contributed by atoms with Gasteiger partial charge in [0.25, 0.3) is 0 Å². The molecule has 0 unspecified atom stereocenters. The SMILES string of the molecule is Cc1cc(C)c(C#N)c(SCC(=O)Nc2c(Cl)c(Cl)cc(Cl)c2Cl)n1. The van der Waals surface area contributed by atoms with Crippen LogP contribution >= 0.6 is 58.2 Å². The van der Waals surface area contributed by atoms with E-state index in [0.717, 1.165) is 23.0 Å². The number of anilines is 1. The number of benzene rings is 1. The molecule has 0 aliphatic carbocycles. The molecule has 1 aromatic carbocycles. The van der Waals surface area contributed by atoms with Crippen LogP contribution in [-0.4, -0.2) is 16.6 Å². The second kappa shape index (κ2) is 8.48. The summed E-state index contributed by atoms with van der Waals surface area (Å²) in [7, 11) is 0. The van der Waals surface area contributed by atoms with Gasteiger partial charge in [-0.25, -0.2) is 4.98 Å². The van der Waals surface area contributed by atoms with Crippen molar-refractivity contribution in [1.82, 2.24) is 4.98 Å². The Morgan fingerprint density at radius 1 is 1.20 bits per heavy atom. The lowest BCUT2D eigenvalue weighted by Crippen LogP contribution is -2.15. The average molecular weight is 435 g/mol. The van der Waals surface area contributed by atoms with Gasteiger partial charge in [-0.1, -0.05) is 58.2 Å². The van der Waals surface area contributed by atoms with E-state index in [-0.39, 0.29) is 37.4 Å². The van der Waals surface area contributed by atoms with Crippen molar-refractivity contribution < 1.29 is 4.79 Å². The van der Waals surface area contributed by atoms with Crippen molar-refractivity contribution in [2.45, 2.75) is 18.9 Å². The molecule has 25 heavy (non-hydrogen) atoms. The van der Waals surface area contributed by atoms with Crippen molar-refractivity contribution in [2.75, 3.05) is 11.1 Å². The largest absolute Gasteiger partial charge is 0.323 e. The normalized spacial score (nSPS) is 10.4. The molecule has 0 aliphatic rings. The second-order valence-corrected chi connectivity index (χ2v) is 7.59. The van der Waals surface area contributed by atoms with E-state index < -0.39 is 0 Å². The Balaban J connectivity index is 2.17. The van der Waals surface area contributed by atoms with E-state index in [1.54, 1.807) is 0 Å². The zero-order valence-electron chi connectivity index (χ0n) is 13.1. The summed E-state index contributed by atoms with van der Waals surface area (Å²) in [6.45, 7) is 3.65. The fourth-order valence-electron chi connectivity index (χ4n) is 2.04. The van der Waals surface area contributed by atoms with Crippen molar-refractivity contribution in [3.05, 3.63) is 49.0 Å². The van der Waals surface area contributed by atoms with Gasteiger partial charge in [0.2, 0.25) is 5.91 Å². The van der Waals surface area contributed by atoms with Crippen LogP contribution in [0.2, 0.25) is 20.1 Å². The average Bonchev–Trinajstić information content (AvgIpc) is 2.54. The van der Waals surface area contributed by atoms with E-state index in [4.69, 9.17) is 46.4 Å². The molecule has 0 bridgehead atoms. The van der Waals surface area contributed by atoms with E-state index in [9.17, 15) is 10.1 Å². The van der Waals surface area contributed by atoms with E-state index in [0.29, 0.717) is 10.6 Å². The Morgan fingerprint density at radius 2 is 1.80 bits per heavy atom. The molecule has 1 aromatic heterocycles. The van der Waals surface area contributed by atoms with Gasteiger partial charge in [0.1, 0.15) is 11.1 Å². The lowest BCUT2D eigenvalue weighted by molar-refractivity contribution is -0.113. The molecule has 0 spiro atoms. The number of nitrogens with zero attached hydrogens (tertiary/aromatic N) is 2. The molecule has 1 heterocycles. The first-order chi connectivity index (χ1) is 11.7. The van der Waals surface area contributed by atoms with Crippen LogP contribution in [0.3, 0.4) is 0 Å². The number of rotatable bonds is 4. The number of thioether (sulfide) groups is 1. The van der Waals surface area contributed by atoms with Gasteiger partial charge in [-0.3, -0.25) is 4.79 Å². The van der Waals surface area contributed by atoms with Gasteiger partial charge in [0, 0.05) is 5.69 Å². The number of amides is 1. The summed E-state index contributed by atoms with van der Waals surface area (Å²) >= 11 is 25.2. The predicted molar refractivity (Wildman–Crippen MR) is 104 cm³/mol. The van der Waals surface area contributed by atoms with E-state index in [2.05, 4.69) is 16.4 Å². The fraction of sp³-hybridized carbons (Fsp3) is 0.188. The summed E-state index contributed by atoms with van der Waals surface area (Å²) in [4.78, 5) is 16.5. The Hall–Kier alpha value is -1.16. The van der Waals surface area contributed by atoms with Crippen molar-refractivity contribution in [1.29, 1.82) is 5.26 Å². The molecule has 0 atom stereocenters. The number of carbonyl (C=O) groups is 1. The maximum atomic E-state index is 12.2. The van der Waals surface area contributed by atoms with E-state index in [1.165, 1.54) is 6.07 Å². The lowest BCUT2D eigenvalue weighted by atomic mass is 10.1. The predicted octanol–water partition coefficient (Wildman–Crippen LogP) is 5.91. The van der Waals surface area contributed by atoms with Crippen LogP contribution in [0.15, 0.2) is 17.2 Å². The molecule has 1 amide bonds. The number of hydrogen-bond donors (Lipinski definition) is 1. The highest BCUT2D eigenvalue weighted by Crippen LogP contribution is 2.41. The summed E-state index contributed by atoms with van der Waals surface area (Å²) in [6.07, 6.45) is 0. The Labute approximate surface area is 169 Å². The van der Waals surface area contributed by atoms with E-state index in [1.807, 2.05) is 19.9 Å². The number of aromatic nitrogens is 1. The van der Waals surface area contributed by atoms with Crippen LogP contribution in [0.4, 0.5) is 5.69 Å². The minimum Gasteiger partial charge on any atom is -0.323 e. The summed E-state index contributed by atoms with van der Waals surface area (Å²) in [5.41, 5.74) is 2.18. The molecule has 2 aromatic rings. The summed E-state index contributed by atoms with van der Waals surface area (Å²) < 4.78 is 0. The van der Waals surface area contributed by atoms with Gasteiger partial charge < -0.3 is 5.32 Å². The maximum absolute atomic E-state index is 12.2.